The Balaban J connectivity index is 1.97. The average Bonchev–Trinajstić information content (AvgIpc) is 2.67. The van der Waals surface area contributed by atoms with Gasteiger partial charge in [-0.1, -0.05) is 50.7 Å². The van der Waals surface area contributed by atoms with Crippen LogP contribution in [0.2, 0.25) is 0 Å². The van der Waals surface area contributed by atoms with E-state index < -0.39 is 0 Å². The first-order valence-electron chi connectivity index (χ1n) is 6.97. The number of methoxy groups -OCH3 is 1. The summed E-state index contributed by atoms with van der Waals surface area (Å²) in [5.41, 5.74) is 0.790. The topological polar surface area (TPSA) is 26.3 Å². The lowest BCUT2D eigenvalue weighted by Gasteiger charge is -2.13. The Kier molecular flexibility index (Phi) is 4.80. The van der Waals surface area contributed by atoms with Crippen LogP contribution in [-0.4, -0.2) is 12.9 Å². The van der Waals surface area contributed by atoms with Crippen LogP contribution < -0.4 is 4.74 Å². The van der Waals surface area contributed by atoms with E-state index in [9.17, 15) is 4.79 Å². The summed E-state index contributed by atoms with van der Waals surface area (Å²) < 4.78 is 5.16. The Labute approximate surface area is 109 Å². The third-order valence-corrected chi connectivity index (χ3v) is 3.84. The molecule has 0 radical (unpaired) electrons. The summed E-state index contributed by atoms with van der Waals surface area (Å²) >= 11 is 0. The number of carbonyl (C=O) groups is 1. The maximum atomic E-state index is 12.2. The van der Waals surface area contributed by atoms with Crippen molar-refractivity contribution in [1.29, 1.82) is 0 Å². The van der Waals surface area contributed by atoms with Crippen LogP contribution in [0.1, 0.15) is 55.3 Å². The molecule has 1 fully saturated rings. The predicted molar refractivity (Wildman–Crippen MR) is 73.1 cm³/mol. The van der Waals surface area contributed by atoms with Crippen molar-refractivity contribution in [3.63, 3.8) is 0 Å². The molecule has 0 spiro atoms. The van der Waals surface area contributed by atoms with E-state index in [4.69, 9.17) is 4.74 Å². The van der Waals surface area contributed by atoms with Crippen LogP contribution in [0.15, 0.2) is 24.3 Å². The van der Waals surface area contributed by atoms with Crippen molar-refractivity contribution < 1.29 is 9.53 Å². The van der Waals surface area contributed by atoms with Crippen LogP contribution in [-0.2, 0) is 0 Å². The van der Waals surface area contributed by atoms with Crippen molar-refractivity contribution in [2.45, 2.75) is 44.9 Å². The molecule has 1 aromatic rings. The molecule has 0 N–H and O–H groups in total. The Hall–Kier alpha value is -1.31. The molecule has 2 heteroatoms. The Morgan fingerprint density at radius 3 is 2.61 bits per heavy atom. The van der Waals surface area contributed by atoms with Crippen molar-refractivity contribution in [2.75, 3.05) is 7.11 Å². The van der Waals surface area contributed by atoms with E-state index in [1.807, 2.05) is 24.3 Å². The van der Waals surface area contributed by atoms with Gasteiger partial charge in [0.05, 0.1) is 7.11 Å². The van der Waals surface area contributed by atoms with Crippen LogP contribution >= 0.6 is 0 Å². The quantitative estimate of drug-likeness (QED) is 0.586. The summed E-state index contributed by atoms with van der Waals surface area (Å²) in [6.07, 6.45) is 8.39. The average molecular weight is 246 g/mol. The summed E-state index contributed by atoms with van der Waals surface area (Å²) in [6, 6.07) is 7.50. The number of ether oxygens (including phenoxy) is 1. The van der Waals surface area contributed by atoms with Crippen LogP contribution in [0.3, 0.4) is 0 Å². The van der Waals surface area contributed by atoms with Gasteiger partial charge < -0.3 is 4.74 Å². The number of benzene rings is 1. The molecule has 98 valence electrons. The molecule has 1 aliphatic carbocycles. The molecule has 0 aliphatic heterocycles. The second-order valence-electron chi connectivity index (χ2n) is 5.22. The van der Waals surface area contributed by atoms with E-state index in [1.54, 1.807) is 7.11 Å². The van der Waals surface area contributed by atoms with Gasteiger partial charge in [-0.2, -0.15) is 0 Å². The predicted octanol–water partition coefficient (Wildman–Crippen LogP) is 4.24. The molecule has 0 saturated heterocycles. The fourth-order valence-electron chi connectivity index (χ4n) is 2.74. The number of ketones is 1. The normalized spacial score (nSPS) is 17.2. The van der Waals surface area contributed by atoms with Crippen molar-refractivity contribution in [3.8, 4) is 5.75 Å². The van der Waals surface area contributed by atoms with E-state index in [0.29, 0.717) is 12.3 Å². The molecule has 1 saturated carbocycles. The van der Waals surface area contributed by atoms with E-state index in [0.717, 1.165) is 11.3 Å². The van der Waals surface area contributed by atoms with Gasteiger partial charge in [0.1, 0.15) is 5.75 Å². The van der Waals surface area contributed by atoms with E-state index >= 15 is 0 Å². The molecular weight excluding hydrogens is 224 g/mol. The highest BCUT2D eigenvalue weighted by Gasteiger charge is 2.17. The smallest absolute Gasteiger partial charge is 0.163 e. The van der Waals surface area contributed by atoms with E-state index in [2.05, 4.69) is 0 Å². The van der Waals surface area contributed by atoms with Gasteiger partial charge in [0.2, 0.25) is 0 Å². The Morgan fingerprint density at radius 1 is 1.22 bits per heavy atom. The van der Waals surface area contributed by atoms with Crippen LogP contribution in [0.5, 0.6) is 5.75 Å². The molecule has 0 amide bonds. The monoisotopic (exact) mass is 246 g/mol. The van der Waals surface area contributed by atoms with Crippen molar-refractivity contribution in [2.24, 2.45) is 5.92 Å². The van der Waals surface area contributed by atoms with Crippen molar-refractivity contribution in [3.05, 3.63) is 29.8 Å². The minimum absolute atomic E-state index is 0.265. The molecule has 1 aromatic carbocycles. The molecule has 18 heavy (non-hydrogen) atoms. The fourth-order valence-corrected chi connectivity index (χ4v) is 2.74. The number of hydrogen-bond donors (Lipinski definition) is 0. The van der Waals surface area contributed by atoms with Gasteiger partial charge in [-0.3, -0.25) is 4.79 Å². The lowest BCUT2D eigenvalue weighted by Crippen LogP contribution is -2.08. The molecule has 2 rings (SSSR count). The Bertz CT molecular complexity index is 390. The number of rotatable bonds is 4. The minimum Gasteiger partial charge on any atom is -0.497 e. The number of carbonyl (C=O) groups excluding carboxylic acids is 1. The molecule has 0 aromatic heterocycles. The zero-order chi connectivity index (χ0) is 12.8. The van der Waals surface area contributed by atoms with E-state index in [1.165, 1.54) is 38.5 Å². The zero-order valence-electron chi connectivity index (χ0n) is 11.2. The van der Waals surface area contributed by atoms with Crippen LogP contribution in [0.25, 0.3) is 0 Å². The van der Waals surface area contributed by atoms with Gasteiger partial charge in [-0.15, -0.1) is 0 Å². The maximum absolute atomic E-state index is 12.2. The number of Topliss-reactive ketones (excluding diaryl/α,β-unsaturated/α-hetero) is 1. The summed E-state index contributed by atoms with van der Waals surface area (Å²) in [4.78, 5) is 12.2. The van der Waals surface area contributed by atoms with Gasteiger partial charge in [-0.05, 0) is 18.1 Å². The molecule has 0 bridgehead atoms. The summed E-state index contributed by atoms with van der Waals surface area (Å²) in [5, 5.41) is 0. The largest absolute Gasteiger partial charge is 0.497 e. The minimum atomic E-state index is 0.265. The lowest BCUT2D eigenvalue weighted by molar-refractivity contribution is 0.0956. The lowest BCUT2D eigenvalue weighted by atomic mass is 9.92. The highest BCUT2D eigenvalue weighted by molar-refractivity contribution is 5.96. The third-order valence-electron chi connectivity index (χ3n) is 3.84. The highest BCUT2D eigenvalue weighted by Crippen LogP contribution is 2.27. The zero-order valence-corrected chi connectivity index (χ0v) is 11.2. The van der Waals surface area contributed by atoms with Crippen molar-refractivity contribution >= 4 is 5.78 Å². The molecular formula is C16H22O2. The molecule has 2 nitrogen and oxygen atoms in total. The Morgan fingerprint density at radius 2 is 1.94 bits per heavy atom. The number of hydrogen-bond acceptors (Lipinski definition) is 2. The molecule has 0 heterocycles. The van der Waals surface area contributed by atoms with Gasteiger partial charge in [0.15, 0.2) is 5.78 Å². The molecule has 0 atom stereocenters. The summed E-state index contributed by atoms with van der Waals surface area (Å²) in [7, 11) is 1.63. The SMILES string of the molecule is COc1cccc(C(=O)CC2CCCCCC2)c1. The van der Waals surface area contributed by atoms with Gasteiger partial charge in [-0.25, -0.2) is 0 Å². The second-order valence-corrected chi connectivity index (χ2v) is 5.22. The third kappa shape index (κ3) is 3.59. The molecule has 1 aliphatic rings. The van der Waals surface area contributed by atoms with Crippen molar-refractivity contribution in [1.82, 2.24) is 0 Å². The fraction of sp³-hybridized carbons (Fsp3) is 0.562. The maximum Gasteiger partial charge on any atom is 0.163 e. The summed E-state index contributed by atoms with van der Waals surface area (Å²) in [5.74, 6) is 1.62. The summed E-state index contributed by atoms with van der Waals surface area (Å²) in [6.45, 7) is 0. The van der Waals surface area contributed by atoms with Crippen LogP contribution in [0, 0.1) is 5.92 Å². The van der Waals surface area contributed by atoms with Gasteiger partial charge in [0.25, 0.3) is 0 Å². The standard InChI is InChI=1S/C16H22O2/c1-18-15-10-6-9-14(12-15)16(17)11-13-7-4-2-3-5-8-13/h6,9-10,12-13H,2-5,7-8,11H2,1H3. The van der Waals surface area contributed by atoms with Crippen LogP contribution in [0.4, 0.5) is 0 Å². The first kappa shape index (κ1) is 13.1. The highest BCUT2D eigenvalue weighted by atomic mass is 16.5. The first-order valence-corrected chi connectivity index (χ1v) is 6.97. The van der Waals surface area contributed by atoms with Gasteiger partial charge in [0, 0.05) is 12.0 Å². The first-order chi connectivity index (χ1) is 8.79. The second kappa shape index (κ2) is 6.58. The van der Waals surface area contributed by atoms with E-state index in [-0.39, 0.29) is 5.78 Å². The molecule has 0 unspecified atom stereocenters. The van der Waals surface area contributed by atoms with Gasteiger partial charge >= 0.3 is 0 Å².